The Morgan fingerprint density at radius 1 is 1.35 bits per heavy atom. The molecule has 0 bridgehead atoms. The summed E-state index contributed by atoms with van der Waals surface area (Å²) in [5, 5.41) is 0. The smallest absolute Gasteiger partial charge is 0.382 e. The van der Waals surface area contributed by atoms with Crippen LogP contribution in [0.4, 0.5) is 5.82 Å². The van der Waals surface area contributed by atoms with Crippen LogP contribution in [-0.4, -0.2) is 42.5 Å². The fraction of sp³-hybridized carbons (Fsp3) is 0.375. The van der Waals surface area contributed by atoms with Crippen LogP contribution < -0.4 is 5.73 Å². The van der Waals surface area contributed by atoms with Gasteiger partial charge in [-0.3, -0.25) is 4.57 Å². The number of thiol groups is 1. The molecule has 0 aliphatic heterocycles. The van der Waals surface area contributed by atoms with Crippen LogP contribution in [0.3, 0.4) is 0 Å². The zero-order chi connectivity index (χ0) is 17.1. The second-order valence-corrected chi connectivity index (χ2v) is 10.7. The van der Waals surface area contributed by atoms with E-state index in [0.717, 1.165) is 0 Å². The molecule has 0 amide bonds. The zero-order valence-corrected chi connectivity index (χ0v) is 14.9. The molecule has 1 unspecified atom stereocenters. The number of hydrogen-bond donors (Lipinski definition) is 4. The molecular formula is C8H13N5O6P2S2. The molecule has 2 aromatic heterocycles. The Kier molecular flexibility index (Phi) is 6.11. The number of aromatic nitrogens is 4. The minimum Gasteiger partial charge on any atom is -0.382 e. The van der Waals surface area contributed by atoms with E-state index >= 15 is 0 Å². The molecule has 4 N–H and O–H groups in total. The normalized spacial score (nSPS) is 14.9. The van der Waals surface area contributed by atoms with Crippen molar-refractivity contribution < 1.29 is 27.9 Å². The molecule has 1 atom stereocenters. The summed E-state index contributed by atoms with van der Waals surface area (Å²) in [4.78, 5) is 29.3. The Morgan fingerprint density at radius 2 is 2.09 bits per heavy atom. The highest BCUT2D eigenvalue weighted by Gasteiger charge is 2.26. The van der Waals surface area contributed by atoms with Crippen molar-refractivity contribution in [2.75, 3.05) is 18.9 Å². The van der Waals surface area contributed by atoms with Crippen LogP contribution in [0, 0.1) is 0 Å². The largest absolute Gasteiger partial charge is 0.475 e. The van der Waals surface area contributed by atoms with Crippen molar-refractivity contribution in [1.82, 2.24) is 19.5 Å². The number of nitrogen functional groups attached to an aromatic ring is 1. The molecule has 0 radical (unpaired) electrons. The predicted octanol–water partition coefficient (Wildman–Crippen LogP) is 0.663. The van der Waals surface area contributed by atoms with Gasteiger partial charge in [0.25, 0.3) is 5.69 Å². The topological polar surface area (TPSA) is 155 Å². The number of nitrogens with two attached hydrogens (primary N) is 1. The van der Waals surface area contributed by atoms with Crippen LogP contribution in [0.5, 0.6) is 0 Å². The fourth-order valence-electron chi connectivity index (χ4n) is 1.53. The number of rotatable bonds is 8. The van der Waals surface area contributed by atoms with Crippen LogP contribution in [-0.2, 0) is 36.7 Å². The van der Waals surface area contributed by atoms with E-state index in [1.807, 2.05) is 0 Å². The van der Waals surface area contributed by atoms with Crippen LogP contribution in [0.15, 0.2) is 12.7 Å². The van der Waals surface area contributed by atoms with E-state index in [9.17, 15) is 4.57 Å². The summed E-state index contributed by atoms with van der Waals surface area (Å²) in [6, 6.07) is 0. The molecule has 2 heterocycles. The number of ether oxygens (including phenoxy) is 1. The maximum absolute atomic E-state index is 10.7. The quantitative estimate of drug-likeness (QED) is 0.280. The number of imidazole rings is 1. The molecule has 0 saturated heterocycles. The van der Waals surface area contributed by atoms with E-state index in [1.165, 1.54) is 12.7 Å². The Labute approximate surface area is 140 Å². The molecule has 15 heteroatoms. The lowest BCUT2D eigenvalue weighted by molar-refractivity contribution is 0.0566. The minimum absolute atomic E-state index is 0.0511. The number of hydrogen-bond acceptors (Lipinski definition) is 9. The SMILES string of the molecule is Nc1ncnc2c1ncn2COCCOP(=S)(S)OP(=O)(O)O. The fourth-order valence-corrected chi connectivity index (χ4v) is 5.20. The van der Waals surface area contributed by atoms with E-state index in [1.54, 1.807) is 4.57 Å². The van der Waals surface area contributed by atoms with Gasteiger partial charge in [-0.1, -0.05) is 12.2 Å². The zero-order valence-electron chi connectivity index (χ0n) is 11.4. The summed E-state index contributed by atoms with van der Waals surface area (Å²) >= 11 is 8.52. The monoisotopic (exact) mass is 401 g/mol. The molecule has 11 nitrogen and oxygen atoms in total. The maximum Gasteiger partial charge on any atom is 0.475 e. The second kappa shape index (κ2) is 7.51. The van der Waals surface area contributed by atoms with Gasteiger partial charge in [-0.05, 0) is 11.8 Å². The molecule has 0 spiro atoms. The van der Waals surface area contributed by atoms with Gasteiger partial charge in [-0.15, -0.1) is 0 Å². The average Bonchev–Trinajstić information content (AvgIpc) is 2.80. The molecule has 2 rings (SSSR count). The van der Waals surface area contributed by atoms with E-state index < -0.39 is 13.5 Å². The summed E-state index contributed by atoms with van der Waals surface area (Å²) < 4.78 is 26.9. The first-order valence-electron chi connectivity index (χ1n) is 5.91. The van der Waals surface area contributed by atoms with Gasteiger partial charge in [0.15, 0.2) is 11.5 Å². The number of fused-ring (bicyclic) bond motifs is 1. The highest BCUT2D eigenvalue weighted by Crippen LogP contribution is 2.63. The van der Waals surface area contributed by atoms with Crippen molar-refractivity contribution in [3.8, 4) is 0 Å². The molecule has 0 aliphatic carbocycles. The van der Waals surface area contributed by atoms with Gasteiger partial charge in [-0.2, -0.15) is 0 Å². The first-order valence-corrected chi connectivity index (χ1v) is 11.2. The van der Waals surface area contributed by atoms with Gasteiger partial charge in [0.1, 0.15) is 18.6 Å². The Bertz CT molecular complexity index is 781. The first kappa shape index (κ1) is 18.7. The van der Waals surface area contributed by atoms with Gasteiger partial charge >= 0.3 is 7.82 Å². The lowest BCUT2D eigenvalue weighted by Gasteiger charge is -2.16. The summed E-state index contributed by atoms with van der Waals surface area (Å²) in [6.45, 7) is 0.152. The first-order chi connectivity index (χ1) is 10.7. The molecule has 0 aromatic carbocycles. The van der Waals surface area contributed by atoms with Gasteiger partial charge in [0.05, 0.1) is 19.5 Å². The molecule has 0 saturated carbocycles. The van der Waals surface area contributed by atoms with Crippen molar-refractivity contribution in [2.45, 2.75) is 6.73 Å². The Hall–Kier alpha value is -0.620. The van der Waals surface area contributed by atoms with Gasteiger partial charge in [0, 0.05) is 0 Å². The Morgan fingerprint density at radius 3 is 2.78 bits per heavy atom. The third-order valence-corrected chi connectivity index (χ3v) is 6.46. The lowest BCUT2D eigenvalue weighted by atomic mass is 10.5. The molecule has 0 aliphatic rings. The summed E-state index contributed by atoms with van der Waals surface area (Å²) in [5.41, 5.74) is 3.31. The van der Waals surface area contributed by atoms with Crippen molar-refractivity contribution in [2.24, 2.45) is 0 Å². The van der Waals surface area contributed by atoms with Gasteiger partial charge in [0.2, 0.25) is 0 Å². The van der Waals surface area contributed by atoms with Crippen molar-refractivity contribution in [3.63, 3.8) is 0 Å². The van der Waals surface area contributed by atoms with E-state index in [4.69, 9.17) is 36.6 Å². The van der Waals surface area contributed by atoms with Crippen molar-refractivity contribution in [1.29, 1.82) is 0 Å². The van der Waals surface area contributed by atoms with E-state index in [-0.39, 0.29) is 25.8 Å². The van der Waals surface area contributed by atoms with Crippen LogP contribution in [0.2, 0.25) is 0 Å². The van der Waals surface area contributed by atoms with Crippen molar-refractivity contribution in [3.05, 3.63) is 12.7 Å². The maximum atomic E-state index is 10.7. The third kappa shape index (κ3) is 5.75. The number of phosphoric acid groups is 1. The molecule has 23 heavy (non-hydrogen) atoms. The Balaban J connectivity index is 1.80. The van der Waals surface area contributed by atoms with E-state index in [2.05, 4.69) is 31.5 Å². The van der Waals surface area contributed by atoms with Crippen LogP contribution in [0.1, 0.15) is 0 Å². The molecule has 128 valence electrons. The minimum atomic E-state index is -4.75. The highest BCUT2D eigenvalue weighted by atomic mass is 32.9. The lowest BCUT2D eigenvalue weighted by Crippen LogP contribution is -2.07. The standard InChI is InChI=1S/C8H13N5O6P2S2/c9-7-6-8(11-3-10-7)13(4-12-6)5-17-1-2-18-21(22,23)19-20(14,15)16/h3-4H,1-2,5H2,(H,22,23)(H2,9,10,11)(H2,14,15,16). The van der Waals surface area contributed by atoms with Gasteiger partial charge in [-0.25, -0.2) is 23.8 Å². The van der Waals surface area contributed by atoms with Crippen LogP contribution >= 0.6 is 25.8 Å². The van der Waals surface area contributed by atoms with Gasteiger partial charge < -0.3 is 24.8 Å². The van der Waals surface area contributed by atoms with Crippen LogP contribution in [0.25, 0.3) is 11.2 Å². The molecule has 0 fully saturated rings. The molecule has 2 aromatic rings. The number of nitrogens with zero attached hydrogens (tertiary/aromatic N) is 4. The van der Waals surface area contributed by atoms with E-state index in [0.29, 0.717) is 11.2 Å². The third-order valence-electron chi connectivity index (χ3n) is 2.35. The second-order valence-electron chi connectivity index (χ2n) is 4.06. The average molecular weight is 401 g/mol. The number of anilines is 1. The van der Waals surface area contributed by atoms with Crippen molar-refractivity contribution >= 4 is 54.6 Å². The summed E-state index contributed by atoms with van der Waals surface area (Å²) in [6.07, 6.45) is 2.81. The summed E-state index contributed by atoms with van der Waals surface area (Å²) in [5.74, 6) is 0.266. The predicted molar refractivity (Wildman–Crippen MR) is 88.0 cm³/mol. The molecular weight excluding hydrogens is 388 g/mol. The summed E-state index contributed by atoms with van der Waals surface area (Å²) in [7, 11) is -4.75. The highest BCUT2D eigenvalue weighted by molar-refractivity contribution is 8.60.